The lowest BCUT2D eigenvalue weighted by atomic mass is 10.1. The second-order valence-corrected chi connectivity index (χ2v) is 6.69. The van der Waals surface area contributed by atoms with Crippen LogP contribution in [0.3, 0.4) is 0 Å². The topological polar surface area (TPSA) is 113 Å². The standard InChI is InChI=1S/C21H15ClN6O2/c22-18-3-2-15(27-19(29)4-1-13-9-23-12-24-10-13)8-17(18)21(30)28-16-7-14-5-6-25-20(14)26-11-16/h1-12H,(H,25,26)(H,27,29)(H,28,30). The molecule has 0 radical (unpaired) electrons. The number of nitrogens with zero attached hydrogens (tertiary/aromatic N) is 3. The van der Waals surface area contributed by atoms with E-state index in [4.69, 9.17) is 11.6 Å². The molecule has 0 aliphatic carbocycles. The molecule has 0 saturated heterocycles. The van der Waals surface area contributed by atoms with Crippen molar-refractivity contribution < 1.29 is 9.59 Å². The van der Waals surface area contributed by atoms with Gasteiger partial charge in [-0.3, -0.25) is 9.59 Å². The van der Waals surface area contributed by atoms with E-state index in [2.05, 4.69) is 30.6 Å². The number of nitrogens with one attached hydrogen (secondary N) is 3. The molecule has 4 aromatic rings. The number of benzene rings is 1. The summed E-state index contributed by atoms with van der Waals surface area (Å²) in [7, 11) is 0. The van der Waals surface area contributed by atoms with Crippen LogP contribution in [0.5, 0.6) is 0 Å². The van der Waals surface area contributed by atoms with E-state index >= 15 is 0 Å². The number of pyridine rings is 1. The van der Waals surface area contributed by atoms with E-state index in [9.17, 15) is 9.59 Å². The van der Waals surface area contributed by atoms with E-state index in [0.29, 0.717) is 16.9 Å². The highest BCUT2D eigenvalue weighted by Crippen LogP contribution is 2.23. The van der Waals surface area contributed by atoms with Gasteiger partial charge in [0.2, 0.25) is 5.91 Å². The van der Waals surface area contributed by atoms with E-state index in [1.807, 2.05) is 6.07 Å². The van der Waals surface area contributed by atoms with E-state index in [0.717, 1.165) is 11.0 Å². The normalized spacial score (nSPS) is 11.0. The van der Waals surface area contributed by atoms with Crippen molar-refractivity contribution in [1.29, 1.82) is 0 Å². The molecular formula is C21H15ClN6O2. The van der Waals surface area contributed by atoms with Gasteiger partial charge in [0.05, 0.1) is 22.5 Å². The number of hydrogen-bond acceptors (Lipinski definition) is 5. The number of amides is 2. The van der Waals surface area contributed by atoms with Crippen LogP contribution >= 0.6 is 11.6 Å². The number of rotatable bonds is 5. The minimum atomic E-state index is -0.412. The molecule has 3 heterocycles. The Morgan fingerprint density at radius 2 is 1.83 bits per heavy atom. The average molecular weight is 419 g/mol. The Morgan fingerprint density at radius 3 is 2.67 bits per heavy atom. The van der Waals surface area contributed by atoms with Gasteiger partial charge in [0.15, 0.2) is 0 Å². The molecule has 3 N–H and O–H groups in total. The van der Waals surface area contributed by atoms with Gasteiger partial charge in [0, 0.05) is 41.3 Å². The number of fused-ring (bicyclic) bond motifs is 1. The summed E-state index contributed by atoms with van der Waals surface area (Å²) in [6.45, 7) is 0. The number of aromatic nitrogens is 4. The van der Waals surface area contributed by atoms with Crippen LogP contribution in [-0.4, -0.2) is 31.8 Å². The Bertz CT molecular complexity index is 1250. The summed E-state index contributed by atoms with van der Waals surface area (Å²) >= 11 is 6.19. The largest absolute Gasteiger partial charge is 0.346 e. The number of H-pyrrole nitrogens is 1. The second-order valence-electron chi connectivity index (χ2n) is 6.28. The average Bonchev–Trinajstić information content (AvgIpc) is 3.22. The fraction of sp³-hybridized carbons (Fsp3) is 0. The predicted molar refractivity (Wildman–Crippen MR) is 115 cm³/mol. The molecule has 1 aromatic carbocycles. The van der Waals surface area contributed by atoms with E-state index in [1.165, 1.54) is 18.5 Å². The molecule has 148 valence electrons. The summed E-state index contributed by atoms with van der Waals surface area (Å²) < 4.78 is 0. The first kappa shape index (κ1) is 19.3. The van der Waals surface area contributed by atoms with Crippen molar-refractivity contribution in [3.63, 3.8) is 0 Å². The fourth-order valence-corrected chi connectivity index (χ4v) is 2.94. The van der Waals surface area contributed by atoms with Crippen LogP contribution in [0.4, 0.5) is 11.4 Å². The van der Waals surface area contributed by atoms with Crippen molar-refractivity contribution in [2.24, 2.45) is 0 Å². The smallest absolute Gasteiger partial charge is 0.257 e. The summed E-state index contributed by atoms with van der Waals surface area (Å²) in [4.78, 5) is 39.8. The van der Waals surface area contributed by atoms with Crippen LogP contribution in [0.25, 0.3) is 17.1 Å². The fourth-order valence-electron chi connectivity index (χ4n) is 2.74. The quantitative estimate of drug-likeness (QED) is 0.425. The first-order valence-electron chi connectivity index (χ1n) is 8.86. The van der Waals surface area contributed by atoms with Crippen molar-refractivity contribution in [1.82, 2.24) is 19.9 Å². The highest BCUT2D eigenvalue weighted by molar-refractivity contribution is 6.34. The first-order valence-corrected chi connectivity index (χ1v) is 9.24. The molecule has 0 spiro atoms. The van der Waals surface area contributed by atoms with Crippen molar-refractivity contribution in [3.8, 4) is 0 Å². The molecule has 0 aliphatic rings. The maximum atomic E-state index is 12.7. The van der Waals surface area contributed by atoms with Crippen LogP contribution in [-0.2, 0) is 4.79 Å². The van der Waals surface area contributed by atoms with Crippen LogP contribution < -0.4 is 10.6 Å². The van der Waals surface area contributed by atoms with E-state index < -0.39 is 5.91 Å². The summed E-state index contributed by atoms with van der Waals surface area (Å²) in [5, 5.41) is 6.60. The molecule has 0 fully saturated rings. The highest BCUT2D eigenvalue weighted by Gasteiger charge is 2.13. The summed E-state index contributed by atoms with van der Waals surface area (Å²) in [5.41, 5.74) is 2.61. The molecule has 0 atom stereocenters. The van der Waals surface area contributed by atoms with Gasteiger partial charge in [-0.1, -0.05) is 11.6 Å². The van der Waals surface area contributed by atoms with Crippen LogP contribution in [0.2, 0.25) is 5.02 Å². The zero-order valence-electron chi connectivity index (χ0n) is 15.5. The molecule has 0 bridgehead atoms. The van der Waals surface area contributed by atoms with Crippen molar-refractivity contribution >= 4 is 51.9 Å². The Labute approximate surface area is 176 Å². The Hall–Kier alpha value is -4.04. The SMILES string of the molecule is O=C(C=Cc1cncnc1)Nc1ccc(Cl)c(C(=O)Nc2cnc3[nH]ccc3c2)c1. The zero-order valence-corrected chi connectivity index (χ0v) is 16.2. The molecule has 9 heteroatoms. The number of aromatic amines is 1. The molecule has 2 amide bonds. The second kappa shape index (κ2) is 8.54. The van der Waals surface area contributed by atoms with Crippen molar-refractivity contribution in [3.05, 3.63) is 83.7 Å². The predicted octanol–water partition coefficient (Wildman–Crippen LogP) is 3.91. The molecule has 4 rings (SSSR count). The zero-order chi connectivity index (χ0) is 20.9. The van der Waals surface area contributed by atoms with Gasteiger partial charge in [-0.15, -0.1) is 0 Å². The first-order chi connectivity index (χ1) is 14.6. The molecule has 0 saturated carbocycles. The Balaban J connectivity index is 1.47. The van der Waals surface area contributed by atoms with Gasteiger partial charge in [0.25, 0.3) is 5.91 Å². The number of anilines is 2. The monoisotopic (exact) mass is 418 g/mol. The van der Waals surface area contributed by atoms with Gasteiger partial charge in [0.1, 0.15) is 12.0 Å². The molecule has 0 unspecified atom stereocenters. The molecule has 0 aliphatic heterocycles. The third kappa shape index (κ3) is 4.50. The van der Waals surface area contributed by atoms with Gasteiger partial charge in [-0.2, -0.15) is 0 Å². The minimum absolute atomic E-state index is 0.226. The third-order valence-corrected chi connectivity index (χ3v) is 4.47. The highest BCUT2D eigenvalue weighted by atomic mass is 35.5. The van der Waals surface area contributed by atoms with E-state index in [-0.39, 0.29) is 16.5 Å². The third-order valence-electron chi connectivity index (χ3n) is 4.14. The molecule has 8 nitrogen and oxygen atoms in total. The van der Waals surface area contributed by atoms with Gasteiger partial charge in [-0.25, -0.2) is 15.0 Å². The van der Waals surface area contributed by atoms with Gasteiger partial charge < -0.3 is 15.6 Å². The number of halogens is 1. The maximum Gasteiger partial charge on any atom is 0.257 e. The molecule has 3 aromatic heterocycles. The lowest BCUT2D eigenvalue weighted by molar-refractivity contribution is -0.111. The minimum Gasteiger partial charge on any atom is -0.346 e. The maximum absolute atomic E-state index is 12.7. The summed E-state index contributed by atoms with van der Waals surface area (Å²) in [5.74, 6) is -0.778. The number of carbonyl (C=O) groups is 2. The van der Waals surface area contributed by atoms with Crippen LogP contribution in [0.1, 0.15) is 15.9 Å². The van der Waals surface area contributed by atoms with Gasteiger partial charge in [-0.05, 0) is 36.4 Å². The summed E-state index contributed by atoms with van der Waals surface area (Å²) in [6.07, 6.45) is 10.8. The van der Waals surface area contributed by atoms with Crippen LogP contribution in [0, 0.1) is 0 Å². The van der Waals surface area contributed by atoms with Crippen LogP contribution in [0.15, 0.2) is 67.5 Å². The van der Waals surface area contributed by atoms with Crippen molar-refractivity contribution in [2.75, 3.05) is 10.6 Å². The van der Waals surface area contributed by atoms with Gasteiger partial charge >= 0.3 is 0 Å². The van der Waals surface area contributed by atoms with Crippen molar-refractivity contribution in [2.45, 2.75) is 0 Å². The Kier molecular flexibility index (Phi) is 5.49. The number of carbonyl (C=O) groups excluding carboxylic acids is 2. The molecular weight excluding hydrogens is 404 g/mol. The number of hydrogen-bond donors (Lipinski definition) is 3. The van der Waals surface area contributed by atoms with E-state index in [1.54, 1.807) is 49.1 Å². The lowest BCUT2D eigenvalue weighted by Gasteiger charge is -2.09. The summed E-state index contributed by atoms with van der Waals surface area (Å²) in [6, 6.07) is 8.33. The lowest BCUT2D eigenvalue weighted by Crippen LogP contribution is -2.14. The molecule has 30 heavy (non-hydrogen) atoms. The Morgan fingerprint density at radius 1 is 1.00 bits per heavy atom.